The van der Waals surface area contributed by atoms with Gasteiger partial charge >= 0.3 is 5.97 Å². The molecule has 4 rings (SSSR count). The summed E-state index contributed by atoms with van der Waals surface area (Å²) in [6.45, 7) is 8.75. The summed E-state index contributed by atoms with van der Waals surface area (Å²) >= 11 is 7.43. The Hall–Kier alpha value is -1.97. The van der Waals surface area contributed by atoms with Gasteiger partial charge in [-0.25, -0.2) is 4.79 Å². The molecule has 0 atom stereocenters. The van der Waals surface area contributed by atoms with Gasteiger partial charge in [0.25, 0.3) is 0 Å². The monoisotopic (exact) mass is 475 g/mol. The fraction of sp³-hybridized carbons (Fsp3) is 0.609. The van der Waals surface area contributed by atoms with Crippen molar-refractivity contribution in [1.29, 1.82) is 0 Å². The molecule has 7 nitrogen and oxygen atoms in total. The Morgan fingerprint density at radius 1 is 1.16 bits per heavy atom. The number of carbonyl (C=O) groups is 1. The molecule has 9 heteroatoms. The first-order chi connectivity index (χ1) is 15.4. The van der Waals surface area contributed by atoms with Crippen LogP contribution in [-0.4, -0.2) is 64.0 Å². The van der Waals surface area contributed by atoms with Gasteiger partial charge in [-0.05, 0) is 57.3 Å². The molecule has 3 heterocycles. The number of aryl methyl sites for hydroxylation is 3. The molecule has 174 valence electrons. The first-order valence-corrected chi connectivity index (χ1v) is 12.6. The van der Waals surface area contributed by atoms with E-state index < -0.39 is 0 Å². The molecule has 0 aromatic carbocycles. The highest BCUT2D eigenvalue weighted by Crippen LogP contribution is 2.38. The van der Waals surface area contributed by atoms with Crippen LogP contribution in [0.15, 0.2) is 0 Å². The Morgan fingerprint density at radius 2 is 1.88 bits per heavy atom. The van der Waals surface area contributed by atoms with Crippen molar-refractivity contribution in [3.63, 3.8) is 0 Å². The van der Waals surface area contributed by atoms with Crippen LogP contribution >= 0.6 is 23.6 Å². The Kier molecular flexibility index (Phi) is 7.17. The molecule has 1 aliphatic heterocycles. The van der Waals surface area contributed by atoms with E-state index >= 15 is 0 Å². The second-order valence-corrected chi connectivity index (χ2v) is 10.2. The van der Waals surface area contributed by atoms with E-state index in [0.717, 1.165) is 68.2 Å². The number of esters is 1. The van der Waals surface area contributed by atoms with Crippen LogP contribution in [0.5, 0.6) is 0 Å². The molecule has 0 spiro atoms. The van der Waals surface area contributed by atoms with Crippen molar-refractivity contribution < 1.29 is 9.53 Å². The molecule has 1 fully saturated rings. The van der Waals surface area contributed by atoms with Crippen LogP contribution in [0.1, 0.15) is 57.0 Å². The first kappa shape index (κ1) is 23.2. The second-order valence-electron chi connectivity index (χ2n) is 8.73. The van der Waals surface area contributed by atoms with Crippen molar-refractivity contribution in [2.45, 2.75) is 52.5 Å². The Labute approximate surface area is 199 Å². The number of carbonyl (C=O) groups excluding carboxylic acids is 1. The summed E-state index contributed by atoms with van der Waals surface area (Å²) in [5.41, 5.74) is 5.52. The molecule has 2 aromatic rings. The predicted octanol–water partition coefficient (Wildman–Crippen LogP) is 3.67. The zero-order chi connectivity index (χ0) is 22.8. The van der Waals surface area contributed by atoms with Gasteiger partial charge in [-0.2, -0.15) is 5.10 Å². The summed E-state index contributed by atoms with van der Waals surface area (Å²) in [6, 6.07) is 0. The lowest BCUT2D eigenvalue weighted by molar-refractivity contribution is 0.0601. The van der Waals surface area contributed by atoms with Gasteiger partial charge in [-0.1, -0.05) is 6.42 Å². The summed E-state index contributed by atoms with van der Waals surface area (Å²) in [6.07, 6.45) is 5.48. The fourth-order valence-corrected chi connectivity index (χ4v) is 6.33. The Morgan fingerprint density at radius 3 is 2.53 bits per heavy atom. The maximum absolute atomic E-state index is 12.6. The average Bonchev–Trinajstić information content (AvgIpc) is 3.12. The third kappa shape index (κ3) is 4.70. The SMILES string of the molecule is COC(=O)c1c(NC(=S)N2CCN(Cc3c(C)nn(C)c3C)CC2)sc2c1CCCCC2. The highest BCUT2D eigenvalue weighted by Gasteiger charge is 2.27. The summed E-state index contributed by atoms with van der Waals surface area (Å²) < 4.78 is 7.08. The van der Waals surface area contributed by atoms with Gasteiger partial charge < -0.3 is 15.0 Å². The molecule has 1 aliphatic carbocycles. The Bertz CT molecular complexity index is 1000. The average molecular weight is 476 g/mol. The number of aromatic nitrogens is 2. The van der Waals surface area contributed by atoms with Gasteiger partial charge in [-0.15, -0.1) is 11.3 Å². The van der Waals surface area contributed by atoms with E-state index in [2.05, 4.69) is 34.1 Å². The van der Waals surface area contributed by atoms with Crippen molar-refractivity contribution in [1.82, 2.24) is 19.6 Å². The maximum atomic E-state index is 12.6. The third-order valence-corrected chi connectivity index (χ3v) is 8.30. The van der Waals surface area contributed by atoms with Crippen LogP contribution in [0, 0.1) is 13.8 Å². The van der Waals surface area contributed by atoms with Crippen molar-refractivity contribution >= 4 is 39.6 Å². The molecular formula is C23H33N5O2S2. The quantitative estimate of drug-likeness (QED) is 0.411. The summed E-state index contributed by atoms with van der Waals surface area (Å²) in [5, 5.41) is 9.48. The number of piperazine rings is 1. The molecule has 1 N–H and O–H groups in total. The Balaban J connectivity index is 1.40. The molecule has 32 heavy (non-hydrogen) atoms. The second kappa shape index (κ2) is 9.89. The van der Waals surface area contributed by atoms with Crippen LogP contribution in [0.2, 0.25) is 0 Å². The van der Waals surface area contributed by atoms with E-state index in [1.165, 1.54) is 36.1 Å². The number of methoxy groups -OCH3 is 1. The lowest BCUT2D eigenvalue weighted by Gasteiger charge is -2.36. The molecule has 0 saturated carbocycles. The molecule has 0 radical (unpaired) electrons. The number of ether oxygens (including phenoxy) is 1. The minimum atomic E-state index is -0.262. The number of nitrogens with one attached hydrogen (secondary N) is 1. The van der Waals surface area contributed by atoms with Gasteiger partial charge in [0, 0.05) is 55.9 Å². The molecular weight excluding hydrogens is 442 g/mol. The van der Waals surface area contributed by atoms with E-state index in [0.29, 0.717) is 10.7 Å². The number of anilines is 1. The number of nitrogens with zero attached hydrogens (tertiary/aromatic N) is 4. The van der Waals surface area contributed by atoms with E-state index in [9.17, 15) is 4.79 Å². The number of rotatable bonds is 4. The standard InChI is InChI=1S/C23H33N5O2S2/c1-15-18(16(2)26(3)25-15)14-27-10-12-28(13-11-27)23(31)24-21-20(22(29)30-4)17-8-6-5-7-9-19(17)32-21/h5-14H2,1-4H3,(H,24,31). The highest BCUT2D eigenvalue weighted by molar-refractivity contribution is 7.80. The molecule has 0 unspecified atom stereocenters. The molecule has 0 amide bonds. The maximum Gasteiger partial charge on any atom is 0.341 e. The largest absolute Gasteiger partial charge is 0.465 e. The van der Waals surface area contributed by atoms with Crippen molar-refractivity contribution in [3.8, 4) is 0 Å². The van der Waals surface area contributed by atoms with Crippen LogP contribution in [0.3, 0.4) is 0 Å². The van der Waals surface area contributed by atoms with Gasteiger partial charge in [0.2, 0.25) is 0 Å². The van der Waals surface area contributed by atoms with E-state index in [-0.39, 0.29) is 5.97 Å². The van der Waals surface area contributed by atoms with Crippen molar-refractivity contribution in [2.24, 2.45) is 7.05 Å². The zero-order valence-corrected chi connectivity index (χ0v) is 21.1. The first-order valence-electron chi connectivity index (χ1n) is 11.4. The third-order valence-electron chi connectivity index (χ3n) is 6.73. The smallest absolute Gasteiger partial charge is 0.341 e. The van der Waals surface area contributed by atoms with Crippen LogP contribution < -0.4 is 5.32 Å². The van der Waals surface area contributed by atoms with Crippen molar-refractivity contribution in [3.05, 3.63) is 33.0 Å². The number of hydrogen-bond donors (Lipinski definition) is 1. The topological polar surface area (TPSA) is 62.6 Å². The van der Waals surface area contributed by atoms with Crippen LogP contribution in [-0.2, 0) is 31.2 Å². The van der Waals surface area contributed by atoms with Crippen LogP contribution in [0.4, 0.5) is 5.00 Å². The minimum Gasteiger partial charge on any atom is -0.465 e. The summed E-state index contributed by atoms with van der Waals surface area (Å²) in [7, 11) is 3.46. The normalized spacial score (nSPS) is 17.1. The molecule has 0 bridgehead atoms. The number of thiophene rings is 1. The fourth-order valence-electron chi connectivity index (χ4n) is 4.70. The van der Waals surface area contributed by atoms with Crippen LogP contribution in [0.25, 0.3) is 0 Å². The van der Waals surface area contributed by atoms with E-state index in [1.54, 1.807) is 11.3 Å². The van der Waals surface area contributed by atoms with Crippen molar-refractivity contribution in [2.75, 3.05) is 38.6 Å². The summed E-state index contributed by atoms with van der Waals surface area (Å²) in [5.74, 6) is -0.262. The molecule has 2 aromatic heterocycles. The van der Waals surface area contributed by atoms with E-state index in [4.69, 9.17) is 17.0 Å². The number of fused-ring (bicyclic) bond motifs is 1. The van der Waals surface area contributed by atoms with Gasteiger partial charge in [0.05, 0.1) is 18.4 Å². The molecule has 1 saturated heterocycles. The highest BCUT2D eigenvalue weighted by atomic mass is 32.1. The lowest BCUT2D eigenvalue weighted by Crippen LogP contribution is -2.49. The zero-order valence-electron chi connectivity index (χ0n) is 19.5. The number of thiocarbonyl (C=S) groups is 1. The van der Waals surface area contributed by atoms with Gasteiger partial charge in [0.1, 0.15) is 5.00 Å². The predicted molar refractivity (Wildman–Crippen MR) is 133 cm³/mol. The van der Waals surface area contributed by atoms with E-state index in [1.807, 2.05) is 11.7 Å². The minimum absolute atomic E-state index is 0.262. The van der Waals surface area contributed by atoms with Gasteiger partial charge in [-0.3, -0.25) is 9.58 Å². The summed E-state index contributed by atoms with van der Waals surface area (Å²) in [4.78, 5) is 18.6. The number of hydrogen-bond acceptors (Lipinski definition) is 6. The lowest BCUT2D eigenvalue weighted by atomic mass is 10.1. The van der Waals surface area contributed by atoms with Gasteiger partial charge in [0.15, 0.2) is 5.11 Å². The molecule has 2 aliphatic rings.